The van der Waals surface area contributed by atoms with Crippen molar-refractivity contribution in [3.8, 4) is 0 Å². The van der Waals surface area contributed by atoms with Crippen molar-refractivity contribution in [1.29, 1.82) is 0 Å². The Balaban J connectivity index is 1.60. The van der Waals surface area contributed by atoms with E-state index in [9.17, 15) is 4.79 Å². The smallest absolute Gasteiger partial charge is 0.139 e. The van der Waals surface area contributed by atoms with Crippen molar-refractivity contribution in [2.24, 2.45) is 17.3 Å². The lowest BCUT2D eigenvalue weighted by molar-refractivity contribution is -0.127. The predicted octanol–water partition coefficient (Wildman–Crippen LogP) is 5.38. The van der Waals surface area contributed by atoms with Gasteiger partial charge >= 0.3 is 0 Å². The second kappa shape index (κ2) is 5.83. The fourth-order valence-electron chi connectivity index (χ4n) is 6.00. The molecule has 4 aliphatic carbocycles. The molecule has 2 nitrogen and oxygen atoms in total. The van der Waals surface area contributed by atoms with Crippen LogP contribution in [-0.2, 0) is 9.53 Å². The molecule has 0 aromatic carbocycles. The van der Waals surface area contributed by atoms with E-state index in [1.807, 2.05) is 0 Å². The van der Waals surface area contributed by atoms with Crippen LogP contribution in [0.1, 0.15) is 78.6 Å². The van der Waals surface area contributed by atoms with Crippen molar-refractivity contribution in [2.45, 2.75) is 84.2 Å². The Morgan fingerprint density at radius 1 is 1.21 bits per heavy atom. The van der Waals surface area contributed by atoms with Gasteiger partial charge in [0.1, 0.15) is 5.78 Å². The number of allylic oxidation sites excluding steroid dienone is 3. The van der Waals surface area contributed by atoms with E-state index in [2.05, 4.69) is 26.8 Å². The van der Waals surface area contributed by atoms with Crippen LogP contribution < -0.4 is 0 Å². The Morgan fingerprint density at radius 2 is 2.04 bits per heavy atom. The van der Waals surface area contributed by atoms with Gasteiger partial charge in [-0.2, -0.15) is 0 Å². The summed E-state index contributed by atoms with van der Waals surface area (Å²) < 4.78 is 6.21. The highest BCUT2D eigenvalue weighted by Crippen LogP contribution is 2.58. The van der Waals surface area contributed by atoms with Crippen molar-refractivity contribution in [2.75, 3.05) is 6.61 Å². The first kappa shape index (κ1) is 16.6. The van der Waals surface area contributed by atoms with Crippen LogP contribution in [0.2, 0.25) is 0 Å². The molecule has 3 unspecified atom stereocenters. The first-order valence-corrected chi connectivity index (χ1v) is 10.1. The van der Waals surface area contributed by atoms with Gasteiger partial charge in [0.05, 0.1) is 5.60 Å². The lowest BCUT2D eigenvalue weighted by atomic mass is 9.58. The van der Waals surface area contributed by atoms with Gasteiger partial charge in [-0.3, -0.25) is 4.79 Å². The maximum atomic E-state index is 12.4. The van der Waals surface area contributed by atoms with Gasteiger partial charge in [-0.25, -0.2) is 0 Å². The minimum atomic E-state index is -0.0559. The summed E-state index contributed by atoms with van der Waals surface area (Å²) in [7, 11) is 0. The lowest BCUT2D eigenvalue weighted by Gasteiger charge is -2.47. The molecule has 0 amide bonds. The van der Waals surface area contributed by atoms with Crippen LogP contribution in [0.3, 0.4) is 0 Å². The number of Topliss-reactive ketones (excluding diaryl/α,β-unsaturated/α-hetero) is 1. The first-order valence-electron chi connectivity index (χ1n) is 10.1. The SMILES string of the molecule is CCCOC1(C)CCC2=C(CCC3C2=CC[C@]2(C)C(=O)CCC32)C1. The Kier molecular flexibility index (Phi) is 4.03. The normalized spacial score (nSPS) is 41.6. The zero-order valence-electron chi connectivity index (χ0n) is 15.6. The summed E-state index contributed by atoms with van der Waals surface area (Å²) in [5.41, 5.74) is 4.94. The van der Waals surface area contributed by atoms with Crippen molar-refractivity contribution in [1.82, 2.24) is 0 Å². The Labute approximate surface area is 146 Å². The monoisotopic (exact) mass is 328 g/mol. The third-order valence-corrected chi connectivity index (χ3v) is 7.45. The van der Waals surface area contributed by atoms with E-state index in [0.29, 0.717) is 17.6 Å². The number of ketones is 1. The van der Waals surface area contributed by atoms with Crippen LogP contribution in [0.5, 0.6) is 0 Å². The van der Waals surface area contributed by atoms with Gasteiger partial charge in [-0.1, -0.05) is 25.5 Å². The van der Waals surface area contributed by atoms with Gasteiger partial charge in [-0.15, -0.1) is 0 Å². The quantitative estimate of drug-likeness (QED) is 0.695. The minimum absolute atomic E-state index is 0.0503. The van der Waals surface area contributed by atoms with E-state index in [4.69, 9.17) is 4.74 Å². The summed E-state index contributed by atoms with van der Waals surface area (Å²) in [5, 5.41) is 0. The Bertz CT molecular complexity index is 613. The molecule has 0 aliphatic heterocycles. The third-order valence-electron chi connectivity index (χ3n) is 7.45. The average Bonchev–Trinajstić information content (AvgIpc) is 2.88. The number of hydrogen-bond donors (Lipinski definition) is 0. The summed E-state index contributed by atoms with van der Waals surface area (Å²) in [4.78, 5) is 12.4. The van der Waals surface area contributed by atoms with Crippen molar-refractivity contribution >= 4 is 5.78 Å². The van der Waals surface area contributed by atoms with Gasteiger partial charge in [0.25, 0.3) is 0 Å². The van der Waals surface area contributed by atoms with Crippen LogP contribution >= 0.6 is 0 Å². The summed E-state index contributed by atoms with van der Waals surface area (Å²) in [6, 6.07) is 0. The molecule has 4 atom stereocenters. The number of fused-ring (bicyclic) bond motifs is 4. The average molecular weight is 328 g/mol. The number of hydrogen-bond acceptors (Lipinski definition) is 2. The van der Waals surface area contributed by atoms with Gasteiger partial charge < -0.3 is 4.74 Å². The minimum Gasteiger partial charge on any atom is -0.375 e. The standard InChI is InChI=1S/C22H32O2/c1-4-13-24-21(2)11-9-16-15(14-21)5-6-18-17(16)10-12-22(3)19(18)7-8-20(22)23/h10,18-19H,4-9,11-14H2,1-3H3/t18?,19?,21?,22-/m0/s1. The van der Waals surface area contributed by atoms with Crippen LogP contribution in [-0.4, -0.2) is 18.0 Å². The second-order valence-electron chi connectivity index (χ2n) is 9.05. The van der Waals surface area contributed by atoms with Gasteiger partial charge in [0.15, 0.2) is 0 Å². The van der Waals surface area contributed by atoms with E-state index in [0.717, 1.165) is 45.1 Å². The van der Waals surface area contributed by atoms with Crippen molar-refractivity contribution in [3.05, 3.63) is 22.8 Å². The molecular weight excluding hydrogens is 296 g/mol. The zero-order valence-corrected chi connectivity index (χ0v) is 15.6. The topological polar surface area (TPSA) is 26.3 Å². The molecule has 0 heterocycles. The molecule has 0 radical (unpaired) electrons. The van der Waals surface area contributed by atoms with E-state index in [1.54, 1.807) is 16.7 Å². The van der Waals surface area contributed by atoms with Crippen LogP contribution in [0.25, 0.3) is 0 Å². The van der Waals surface area contributed by atoms with E-state index in [1.165, 1.54) is 19.3 Å². The number of rotatable bonds is 3. The molecule has 2 heteroatoms. The molecule has 0 aromatic rings. The van der Waals surface area contributed by atoms with Crippen molar-refractivity contribution < 1.29 is 9.53 Å². The molecular formula is C22H32O2. The lowest BCUT2D eigenvalue weighted by Crippen LogP contribution is -2.40. The van der Waals surface area contributed by atoms with Gasteiger partial charge in [-0.05, 0) is 81.3 Å². The largest absolute Gasteiger partial charge is 0.375 e. The summed E-state index contributed by atoms with van der Waals surface area (Å²) in [6.07, 6.45) is 12.4. The molecule has 0 aromatic heterocycles. The van der Waals surface area contributed by atoms with E-state index >= 15 is 0 Å². The molecule has 24 heavy (non-hydrogen) atoms. The van der Waals surface area contributed by atoms with Crippen LogP contribution in [0.4, 0.5) is 0 Å². The number of carbonyl (C=O) groups is 1. The Hall–Kier alpha value is -0.890. The molecule has 4 aliphatic rings. The molecule has 0 bridgehead atoms. The molecule has 0 saturated heterocycles. The summed E-state index contributed by atoms with van der Waals surface area (Å²) >= 11 is 0. The molecule has 0 spiro atoms. The molecule has 1 saturated carbocycles. The fraction of sp³-hybridized carbons (Fsp3) is 0.773. The van der Waals surface area contributed by atoms with Gasteiger partial charge in [0, 0.05) is 18.4 Å². The van der Waals surface area contributed by atoms with Crippen LogP contribution in [0.15, 0.2) is 22.8 Å². The highest BCUT2D eigenvalue weighted by Gasteiger charge is 2.52. The summed E-state index contributed by atoms with van der Waals surface area (Å²) in [6.45, 7) is 7.61. The van der Waals surface area contributed by atoms with Crippen molar-refractivity contribution in [3.63, 3.8) is 0 Å². The molecule has 1 fully saturated rings. The summed E-state index contributed by atoms with van der Waals surface area (Å²) in [5.74, 6) is 1.77. The first-order chi connectivity index (χ1) is 11.5. The third kappa shape index (κ3) is 2.44. The van der Waals surface area contributed by atoms with E-state index in [-0.39, 0.29) is 11.0 Å². The maximum Gasteiger partial charge on any atom is 0.139 e. The molecule has 4 rings (SSSR count). The highest BCUT2D eigenvalue weighted by molar-refractivity contribution is 5.87. The zero-order chi connectivity index (χ0) is 16.9. The predicted molar refractivity (Wildman–Crippen MR) is 96.8 cm³/mol. The second-order valence-corrected chi connectivity index (χ2v) is 9.05. The maximum absolute atomic E-state index is 12.4. The molecule has 132 valence electrons. The number of ether oxygens (including phenoxy) is 1. The fourth-order valence-corrected chi connectivity index (χ4v) is 6.00. The van der Waals surface area contributed by atoms with Gasteiger partial charge in [0.2, 0.25) is 0 Å². The van der Waals surface area contributed by atoms with Crippen LogP contribution in [0, 0.1) is 17.3 Å². The highest BCUT2D eigenvalue weighted by atomic mass is 16.5. The molecule has 0 N–H and O–H groups in total. The number of carbonyl (C=O) groups excluding carboxylic acids is 1. The Morgan fingerprint density at radius 3 is 2.83 bits per heavy atom. The van der Waals surface area contributed by atoms with E-state index < -0.39 is 0 Å².